The minimum atomic E-state index is -0.243. The molecule has 5 rings (SSSR count). The van der Waals surface area contributed by atoms with E-state index in [1.165, 1.54) is 24.2 Å². The van der Waals surface area contributed by atoms with Crippen LogP contribution < -0.4 is 10.6 Å². The van der Waals surface area contributed by atoms with Crippen LogP contribution in [0.3, 0.4) is 0 Å². The van der Waals surface area contributed by atoms with Crippen molar-refractivity contribution in [2.24, 2.45) is 35.0 Å². The van der Waals surface area contributed by atoms with E-state index in [0.29, 0.717) is 22.9 Å². The van der Waals surface area contributed by atoms with Crippen LogP contribution >= 0.6 is 27.3 Å². The molecule has 1 aromatic rings. The number of hydrogen-bond acceptors (Lipinski definition) is 5. The van der Waals surface area contributed by atoms with Gasteiger partial charge < -0.3 is 15.7 Å². The fourth-order valence-electron chi connectivity index (χ4n) is 6.65. The Balaban J connectivity index is 1.31. The molecule has 4 atom stereocenters. The smallest absolute Gasteiger partial charge is 0.230 e. The minimum Gasteiger partial charge on any atom is -0.396 e. The molecule has 0 radical (unpaired) electrons. The van der Waals surface area contributed by atoms with Crippen molar-refractivity contribution in [3.05, 3.63) is 9.98 Å². The first-order chi connectivity index (χ1) is 14.0. The Morgan fingerprint density at radius 2 is 1.76 bits per heavy atom. The third-order valence-corrected chi connectivity index (χ3v) is 9.50. The number of carbonyl (C=O) groups is 2. The van der Waals surface area contributed by atoms with E-state index in [-0.39, 0.29) is 41.7 Å². The third kappa shape index (κ3) is 3.45. The number of nitrogens with one attached hydrogen (secondary N) is 2. The number of aliphatic hydroxyl groups is 1. The summed E-state index contributed by atoms with van der Waals surface area (Å²) >= 11 is 4.79. The highest BCUT2D eigenvalue weighted by Gasteiger charge is 2.71. The van der Waals surface area contributed by atoms with Crippen LogP contribution in [0, 0.1) is 35.0 Å². The van der Waals surface area contributed by atoms with Crippen molar-refractivity contribution in [2.45, 2.75) is 57.4 Å². The first-order valence-electron chi connectivity index (χ1n) is 10.9. The van der Waals surface area contributed by atoms with E-state index < -0.39 is 0 Å². The quantitative estimate of drug-likeness (QED) is 0.599. The first-order valence-corrected chi connectivity index (χ1v) is 12.5. The molecule has 0 aromatic carbocycles. The van der Waals surface area contributed by atoms with Crippen LogP contribution in [-0.2, 0) is 9.59 Å². The van der Waals surface area contributed by atoms with Gasteiger partial charge in [0, 0.05) is 12.6 Å². The van der Waals surface area contributed by atoms with Crippen LogP contribution in [0.15, 0.2) is 9.98 Å². The zero-order valence-corrected chi connectivity index (χ0v) is 18.8. The van der Waals surface area contributed by atoms with Crippen molar-refractivity contribution < 1.29 is 14.7 Å². The SMILES string of the molecule is O=C(NC1CCC(CO)CC1)[C@H]1[C@H](C(=O)Nc2ncc(Br)s2)[C@@H]2CC[C@H]1C21CC1. The largest absolute Gasteiger partial charge is 0.396 e. The molecule has 158 valence electrons. The Labute approximate surface area is 183 Å². The fourth-order valence-corrected chi connectivity index (χ4v) is 7.76. The van der Waals surface area contributed by atoms with Gasteiger partial charge in [-0.05, 0) is 90.5 Å². The highest BCUT2D eigenvalue weighted by atomic mass is 79.9. The molecule has 1 heterocycles. The molecule has 2 amide bonds. The van der Waals surface area contributed by atoms with Gasteiger partial charge in [0.1, 0.15) is 0 Å². The molecule has 4 saturated carbocycles. The van der Waals surface area contributed by atoms with Crippen LogP contribution in [0.2, 0.25) is 0 Å². The summed E-state index contributed by atoms with van der Waals surface area (Å²) in [5, 5.41) is 16.2. The molecule has 1 aromatic heterocycles. The molecule has 6 nitrogen and oxygen atoms in total. The van der Waals surface area contributed by atoms with Crippen LogP contribution in [0.25, 0.3) is 0 Å². The van der Waals surface area contributed by atoms with E-state index in [4.69, 9.17) is 0 Å². The molecule has 3 N–H and O–H groups in total. The Kier molecular flexibility index (Phi) is 5.23. The van der Waals surface area contributed by atoms with Crippen molar-refractivity contribution in [1.29, 1.82) is 0 Å². The number of anilines is 1. The summed E-state index contributed by atoms with van der Waals surface area (Å²) < 4.78 is 0.882. The second-order valence-electron chi connectivity index (χ2n) is 9.44. The number of nitrogens with zero attached hydrogens (tertiary/aromatic N) is 1. The van der Waals surface area contributed by atoms with Gasteiger partial charge in [-0.1, -0.05) is 11.3 Å². The summed E-state index contributed by atoms with van der Waals surface area (Å²) in [5.74, 6) is 0.641. The van der Waals surface area contributed by atoms with Crippen molar-refractivity contribution >= 4 is 44.2 Å². The summed E-state index contributed by atoms with van der Waals surface area (Å²) in [4.78, 5) is 30.9. The molecule has 0 saturated heterocycles. The van der Waals surface area contributed by atoms with Crippen LogP contribution in [0.4, 0.5) is 5.13 Å². The standard InChI is InChI=1S/C21H28BrN3O3S/c22-15-9-23-20(29-15)25-19(28)17-14-6-5-13(21(14)7-8-21)16(17)18(27)24-12-3-1-11(10-26)2-4-12/h9,11-14,16-17,26H,1-8,10H2,(H,24,27)(H,23,25,28)/t11?,12?,13-,14+,16-,17-/m1/s1. The average Bonchev–Trinajstić information content (AvgIpc) is 3.21. The van der Waals surface area contributed by atoms with Gasteiger partial charge in [0.15, 0.2) is 5.13 Å². The van der Waals surface area contributed by atoms with E-state index in [2.05, 4.69) is 31.5 Å². The van der Waals surface area contributed by atoms with Gasteiger partial charge in [-0.15, -0.1) is 0 Å². The lowest BCUT2D eigenvalue weighted by atomic mass is 9.77. The van der Waals surface area contributed by atoms with Crippen molar-refractivity contribution in [1.82, 2.24) is 10.3 Å². The van der Waals surface area contributed by atoms with Crippen molar-refractivity contribution in [2.75, 3.05) is 11.9 Å². The summed E-state index contributed by atoms with van der Waals surface area (Å²) in [5.41, 5.74) is 0.238. The molecule has 0 aliphatic heterocycles. The number of carbonyl (C=O) groups excluding carboxylic acids is 2. The molecular weight excluding hydrogens is 454 g/mol. The second-order valence-corrected chi connectivity index (χ2v) is 11.9. The van der Waals surface area contributed by atoms with E-state index in [0.717, 1.165) is 42.3 Å². The molecule has 4 aliphatic rings. The number of rotatable bonds is 5. The predicted octanol–water partition coefficient (Wildman–Crippen LogP) is 3.56. The lowest BCUT2D eigenvalue weighted by Gasteiger charge is -2.33. The van der Waals surface area contributed by atoms with E-state index in [9.17, 15) is 14.7 Å². The first kappa shape index (κ1) is 19.9. The van der Waals surface area contributed by atoms with E-state index in [1.807, 2.05) is 0 Å². The summed E-state index contributed by atoms with van der Waals surface area (Å²) in [6.45, 7) is 0.241. The molecule has 29 heavy (non-hydrogen) atoms. The lowest BCUT2D eigenvalue weighted by Crippen LogP contribution is -2.47. The number of hydrogen-bond donors (Lipinski definition) is 3. The number of halogens is 1. The Bertz CT molecular complexity index is 803. The minimum absolute atomic E-state index is 0.0329. The number of aliphatic hydroxyl groups excluding tert-OH is 1. The van der Waals surface area contributed by atoms with Crippen molar-refractivity contribution in [3.63, 3.8) is 0 Å². The van der Waals surface area contributed by atoms with E-state index in [1.54, 1.807) is 6.20 Å². The molecule has 4 fully saturated rings. The number of aromatic nitrogens is 1. The van der Waals surface area contributed by atoms with E-state index >= 15 is 0 Å². The van der Waals surface area contributed by atoms with Crippen molar-refractivity contribution in [3.8, 4) is 0 Å². The molecule has 2 bridgehead atoms. The number of amides is 2. The Morgan fingerprint density at radius 3 is 2.31 bits per heavy atom. The second kappa shape index (κ2) is 7.61. The topological polar surface area (TPSA) is 91.3 Å². The highest BCUT2D eigenvalue weighted by Crippen LogP contribution is 2.74. The van der Waals surface area contributed by atoms with Gasteiger partial charge in [0.2, 0.25) is 11.8 Å². The molecule has 1 spiro atoms. The van der Waals surface area contributed by atoms with Gasteiger partial charge in [-0.3, -0.25) is 9.59 Å². The fraction of sp³-hybridized carbons (Fsp3) is 0.762. The van der Waals surface area contributed by atoms with Crippen LogP contribution in [0.1, 0.15) is 51.4 Å². The molecule has 8 heteroatoms. The predicted molar refractivity (Wildman–Crippen MR) is 114 cm³/mol. The summed E-state index contributed by atoms with van der Waals surface area (Å²) in [6, 6.07) is 0.179. The van der Waals surface area contributed by atoms with Gasteiger partial charge in [0.05, 0.1) is 21.8 Å². The van der Waals surface area contributed by atoms with Gasteiger partial charge >= 0.3 is 0 Å². The Morgan fingerprint density at radius 1 is 1.10 bits per heavy atom. The average molecular weight is 482 g/mol. The third-order valence-electron chi connectivity index (χ3n) is 8.11. The summed E-state index contributed by atoms with van der Waals surface area (Å²) in [6.07, 6.45) is 9.94. The maximum atomic E-state index is 13.4. The maximum absolute atomic E-state index is 13.4. The maximum Gasteiger partial charge on any atom is 0.230 e. The van der Waals surface area contributed by atoms with Crippen LogP contribution in [0.5, 0.6) is 0 Å². The zero-order valence-electron chi connectivity index (χ0n) is 16.4. The molecular formula is C21H28BrN3O3S. The van der Waals surface area contributed by atoms with Gasteiger partial charge in [0.25, 0.3) is 0 Å². The summed E-state index contributed by atoms with van der Waals surface area (Å²) in [7, 11) is 0. The molecule has 0 unspecified atom stereocenters. The lowest BCUT2D eigenvalue weighted by molar-refractivity contribution is -0.135. The molecule has 4 aliphatic carbocycles. The monoisotopic (exact) mass is 481 g/mol. The normalized spacial score (nSPS) is 36.9. The Hall–Kier alpha value is -0.990. The van der Waals surface area contributed by atoms with Gasteiger partial charge in [-0.25, -0.2) is 4.98 Å². The highest BCUT2D eigenvalue weighted by molar-refractivity contribution is 9.11. The number of thiazole rings is 1. The zero-order chi connectivity index (χ0) is 20.2. The van der Waals surface area contributed by atoms with Gasteiger partial charge in [-0.2, -0.15) is 0 Å². The van der Waals surface area contributed by atoms with Crippen LogP contribution in [-0.4, -0.2) is 34.6 Å².